The molecule has 0 fully saturated rings. The van der Waals surface area contributed by atoms with Crippen LogP contribution in [0.3, 0.4) is 0 Å². The second-order valence-corrected chi connectivity index (χ2v) is 23.2. The van der Waals surface area contributed by atoms with Gasteiger partial charge in [-0.2, -0.15) is 0 Å². The van der Waals surface area contributed by atoms with Crippen LogP contribution in [-0.4, -0.2) is 73.4 Å². The van der Waals surface area contributed by atoms with E-state index in [1.54, 1.807) is 6.08 Å². The lowest BCUT2D eigenvalue weighted by atomic mass is 10.0. The highest BCUT2D eigenvalue weighted by molar-refractivity contribution is 7.47. The summed E-state index contributed by atoms with van der Waals surface area (Å²) in [6, 6.07) is -0.841. The smallest absolute Gasteiger partial charge is 0.387 e. The van der Waals surface area contributed by atoms with Crippen molar-refractivity contribution in [3.8, 4) is 0 Å². The highest BCUT2D eigenvalue weighted by atomic mass is 31.2. The molecule has 0 saturated heterocycles. The number of hydrogen-bond donors (Lipinski definition) is 3. The van der Waals surface area contributed by atoms with Gasteiger partial charge in [0.1, 0.15) is 13.2 Å². The van der Waals surface area contributed by atoms with E-state index in [1.165, 1.54) is 250 Å². The van der Waals surface area contributed by atoms with Gasteiger partial charge in [-0.1, -0.05) is 289 Å². The van der Waals surface area contributed by atoms with Gasteiger partial charge in [-0.25, -0.2) is 4.57 Å². The van der Waals surface area contributed by atoms with Crippen LogP contribution >= 0.6 is 7.82 Å². The molecule has 3 unspecified atom stereocenters. The van der Waals surface area contributed by atoms with Crippen molar-refractivity contribution in [2.75, 3.05) is 40.9 Å². The monoisotopic (exact) mass is 970 g/mol. The number of quaternary nitrogens is 1. The number of carbonyl (C=O) groups is 1. The van der Waals surface area contributed by atoms with Crippen LogP contribution in [0.1, 0.15) is 303 Å². The van der Waals surface area contributed by atoms with Crippen LogP contribution in [0.25, 0.3) is 0 Å². The van der Waals surface area contributed by atoms with Gasteiger partial charge in [-0.05, 0) is 19.3 Å². The first-order valence-electron chi connectivity index (χ1n) is 29.6. The summed E-state index contributed by atoms with van der Waals surface area (Å²) in [5.41, 5.74) is 0. The largest absolute Gasteiger partial charge is 0.472 e. The zero-order valence-electron chi connectivity index (χ0n) is 45.7. The van der Waals surface area contributed by atoms with Crippen LogP contribution in [0, 0.1) is 0 Å². The zero-order chi connectivity index (χ0) is 49.2. The van der Waals surface area contributed by atoms with Crippen molar-refractivity contribution >= 4 is 13.7 Å². The maximum atomic E-state index is 12.9. The van der Waals surface area contributed by atoms with Gasteiger partial charge < -0.3 is 19.8 Å². The Morgan fingerprint density at radius 3 is 1.10 bits per heavy atom. The van der Waals surface area contributed by atoms with Crippen molar-refractivity contribution in [1.82, 2.24) is 5.32 Å². The Hall–Kier alpha value is -0.760. The van der Waals surface area contributed by atoms with Gasteiger partial charge in [0.2, 0.25) is 5.91 Å². The number of unbranched alkanes of at least 4 members (excludes halogenated alkanes) is 42. The molecule has 400 valence electrons. The van der Waals surface area contributed by atoms with E-state index >= 15 is 0 Å². The van der Waals surface area contributed by atoms with Gasteiger partial charge in [-0.15, -0.1) is 0 Å². The lowest BCUT2D eigenvalue weighted by Crippen LogP contribution is -2.45. The van der Waals surface area contributed by atoms with E-state index in [9.17, 15) is 19.4 Å². The van der Waals surface area contributed by atoms with Crippen molar-refractivity contribution in [2.45, 2.75) is 315 Å². The third-order valence-corrected chi connectivity index (χ3v) is 14.7. The number of amides is 1. The van der Waals surface area contributed by atoms with E-state index in [0.29, 0.717) is 17.4 Å². The summed E-state index contributed by atoms with van der Waals surface area (Å²) in [5, 5.41) is 13.9. The maximum Gasteiger partial charge on any atom is 0.472 e. The van der Waals surface area contributed by atoms with Gasteiger partial charge in [0, 0.05) is 6.42 Å². The molecule has 1 amide bonds. The number of hydrogen-bond acceptors (Lipinski definition) is 5. The zero-order valence-corrected chi connectivity index (χ0v) is 46.6. The minimum Gasteiger partial charge on any atom is -0.387 e. The van der Waals surface area contributed by atoms with Gasteiger partial charge in [0.25, 0.3) is 0 Å². The number of phosphoric acid groups is 1. The molecular weight excluding hydrogens is 852 g/mol. The van der Waals surface area contributed by atoms with E-state index in [2.05, 4.69) is 19.2 Å². The SMILES string of the molecule is CCCCCCCCCCCCCCCCCCCCCCCCCCCCCCC/C=C/C(O)C(COP(=O)(O)OCC[N+](C)(C)C)NC(=O)CCCCCCCCCCCCCCCC. The Labute approximate surface area is 418 Å². The molecule has 8 nitrogen and oxygen atoms in total. The molecule has 0 aromatic carbocycles. The lowest BCUT2D eigenvalue weighted by Gasteiger charge is -2.25. The van der Waals surface area contributed by atoms with Crippen LogP contribution in [0.4, 0.5) is 0 Å². The number of rotatable bonds is 55. The predicted octanol–water partition coefficient (Wildman–Crippen LogP) is 17.8. The van der Waals surface area contributed by atoms with Crippen molar-refractivity contribution in [1.29, 1.82) is 0 Å². The number of aliphatic hydroxyl groups is 1. The van der Waals surface area contributed by atoms with Crippen molar-refractivity contribution in [3.63, 3.8) is 0 Å². The number of aliphatic hydroxyl groups excluding tert-OH is 1. The number of likely N-dealkylation sites (N-methyl/N-ethyl adjacent to an activating group) is 1. The molecule has 0 bridgehead atoms. The fourth-order valence-corrected chi connectivity index (χ4v) is 9.84. The molecule has 67 heavy (non-hydrogen) atoms. The average Bonchev–Trinajstić information content (AvgIpc) is 3.29. The van der Waals surface area contributed by atoms with E-state index < -0.39 is 20.0 Å². The Morgan fingerprint density at radius 1 is 0.493 bits per heavy atom. The second-order valence-electron chi connectivity index (χ2n) is 21.7. The van der Waals surface area contributed by atoms with E-state index in [0.717, 1.165) is 32.1 Å². The number of carbonyl (C=O) groups excluding carboxylic acids is 1. The van der Waals surface area contributed by atoms with Crippen LogP contribution in [0.15, 0.2) is 12.2 Å². The van der Waals surface area contributed by atoms with Gasteiger partial charge in [0.05, 0.1) is 39.9 Å². The van der Waals surface area contributed by atoms with Crippen molar-refractivity contribution in [2.24, 2.45) is 0 Å². The molecule has 0 aromatic heterocycles. The Bertz CT molecular complexity index is 1100. The van der Waals surface area contributed by atoms with Gasteiger partial charge >= 0.3 is 7.82 Å². The molecule has 0 aromatic rings. The molecule has 0 aliphatic carbocycles. The third-order valence-electron chi connectivity index (χ3n) is 13.8. The van der Waals surface area contributed by atoms with E-state index in [1.807, 2.05) is 27.2 Å². The molecular formula is C58H118N2O6P+. The fourth-order valence-electron chi connectivity index (χ4n) is 9.10. The number of nitrogens with zero attached hydrogens (tertiary/aromatic N) is 1. The highest BCUT2D eigenvalue weighted by Crippen LogP contribution is 2.43. The summed E-state index contributed by atoms with van der Waals surface area (Å²) in [6.45, 7) is 4.86. The Balaban J connectivity index is 4.05. The predicted molar refractivity (Wildman–Crippen MR) is 291 cm³/mol. The molecule has 3 N–H and O–H groups in total. The van der Waals surface area contributed by atoms with E-state index in [-0.39, 0.29) is 19.1 Å². The number of nitrogens with one attached hydrogen (secondary N) is 1. The van der Waals surface area contributed by atoms with Gasteiger partial charge in [0.15, 0.2) is 0 Å². The molecule has 0 aliphatic heterocycles. The van der Waals surface area contributed by atoms with Crippen LogP contribution in [0.2, 0.25) is 0 Å². The molecule has 0 heterocycles. The Kier molecular flexibility index (Phi) is 49.6. The first kappa shape index (κ1) is 66.2. The summed E-state index contributed by atoms with van der Waals surface area (Å²) in [5.74, 6) is -0.172. The van der Waals surface area contributed by atoms with E-state index in [4.69, 9.17) is 9.05 Å². The van der Waals surface area contributed by atoms with Crippen molar-refractivity contribution < 1.29 is 32.9 Å². The maximum absolute atomic E-state index is 12.9. The van der Waals surface area contributed by atoms with Gasteiger partial charge in [-0.3, -0.25) is 13.8 Å². The molecule has 3 atom stereocenters. The quantitative estimate of drug-likeness (QED) is 0.0243. The molecule has 0 aliphatic rings. The summed E-state index contributed by atoms with van der Waals surface area (Å²) in [4.78, 5) is 23.2. The first-order valence-corrected chi connectivity index (χ1v) is 31.1. The van der Waals surface area contributed by atoms with Crippen LogP contribution in [-0.2, 0) is 18.4 Å². The van der Waals surface area contributed by atoms with Crippen LogP contribution < -0.4 is 5.32 Å². The molecule has 0 spiro atoms. The normalized spacial score (nSPS) is 14.0. The summed E-state index contributed by atoms with van der Waals surface area (Å²) in [6.07, 6.45) is 61.8. The first-order chi connectivity index (χ1) is 32.5. The molecule has 0 saturated carbocycles. The van der Waals surface area contributed by atoms with Crippen LogP contribution in [0.5, 0.6) is 0 Å². The standard InChI is InChI=1S/C58H117N2O6P/c1-6-8-10-12-14-16-18-20-22-23-24-25-26-27-28-29-30-31-32-33-34-35-36-37-38-39-41-43-45-47-49-51-57(61)56(55-66-67(63,64)65-54-53-60(3,4)5)59-58(62)52-50-48-46-44-42-40-21-19-17-15-13-11-9-7-2/h49,51,56-57,61H,6-48,50,52-55H2,1-5H3,(H-,59,62,63,64)/p+1/b51-49+. The highest BCUT2D eigenvalue weighted by Gasteiger charge is 2.27. The minimum absolute atomic E-state index is 0.0650. The number of phosphoric ester groups is 1. The molecule has 0 rings (SSSR count). The Morgan fingerprint density at radius 2 is 0.791 bits per heavy atom. The fraction of sp³-hybridized carbons (Fsp3) is 0.948. The summed E-state index contributed by atoms with van der Waals surface area (Å²) < 4.78 is 23.7. The van der Waals surface area contributed by atoms with Crippen molar-refractivity contribution in [3.05, 3.63) is 12.2 Å². The topological polar surface area (TPSA) is 105 Å². The number of allylic oxidation sites excluding steroid dienone is 1. The lowest BCUT2D eigenvalue weighted by molar-refractivity contribution is -0.870. The summed E-state index contributed by atoms with van der Waals surface area (Å²) >= 11 is 0. The summed E-state index contributed by atoms with van der Waals surface area (Å²) in [7, 11) is 1.59. The second kappa shape index (κ2) is 50.2. The third kappa shape index (κ3) is 52.9. The molecule has 9 heteroatoms. The minimum atomic E-state index is -4.34. The average molecular weight is 971 g/mol. The molecule has 0 radical (unpaired) electrons.